The van der Waals surface area contributed by atoms with E-state index in [0.717, 1.165) is 17.3 Å². The van der Waals surface area contributed by atoms with Gasteiger partial charge in [-0.2, -0.15) is 5.26 Å². The number of hydrogen-bond acceptors (Lipinski definition) is 4. The van der Waals surface area contributed by atoms with Gasteiger partial charge in [0.05, 0.1) is 17.8 Å². The molecular weight excluding hydrogens is 282 g/mol. The Bertz CT molecular complexity index is 469. The SMILES string of the molecule is C[C@]1(O)C[C@H](CSC#N)O[C@@H](c2ccc(Cl)cc2)C1. The van der Waals surface area contributed by atoms with Gasteiger partial charge in [0, 0.05) is 23.6 Å². The van der Waals surface area contributed by atoms with Crippen molar-refractivity contribution in [1.82, 2.24) is 0 Å². The molecule has 0 spiro atoms. The Hall–Kier alpha value is -0.730. The molecule has 1 heterocycles. The predicted octanol–water partition coefficient (Wildman–Crippen LogP) is 3.53. The molecule has 3 nitrogen and oxygen atoms in total. The average molecular weight is 298 g/mol. The zero-order valence-electron chi connectivity index (χ0n) is 10.7. The topological polar surface area (TPSA) is 53.2 Å². The van der Waals surface area contributed by atoms with Crippen LogP contribution >= 0.6 is 23.4 Å². The van der Waals surface area contributed by atoms with Gasteiger partial charge in [-0.25, -0.2) is 0 Å². The third-order valence-electron chi connectivity index (χ3n) is 3.22. The molecule has 5 heteroatoms. The number of benzene rings is 1. The number of nitriles is 1. The summed E-state index contributed by atoms with van der Waals surface area (Å²) in [5.74, 6) is 0.580. The number of halogens is 1. The fraction of sp³-hybridized carbons (Fsp3) is 0.500. The first-order chi connectivity index (χ1) is 9.00. The van der Waals surface area contributed by atoms with Crippen LogP contribution in [0.2, 0.25) is 5.02 Å². The molecule has 0 bridgehead atoms. The number of ether oxygens (including phenoxy) is 1. The number of hydrogen-bond donors (Lipinski definition) is 1. The van der Waals surface area contributed by atoms with E-state index in [1.807, 2.05) is 36.6 Å². The highest BCUT2D eigenvalue weighted by Gasteiger charge is 2.37. The Morgan fingerprint density at radius 2 is 2.16 bits per heavy atom. The first-order valence-corrected chi connectivity index (χ1v) is 7.51. The molecule has 0 amide bonds. The van der Waals surface area contributed by atoms with E-state index in [1.54, 1.807) is 0 Å². The monoisotopic (exact) mass is 297 g/mol. The fourth-order valence-corrected chi connectivity index (χ4v) is 2.99. The first kappa shape index (κ1) is 14.7. The quantitative estimate of drug-likeness (QED) is 0.867. The van der Waals surface area contributed by atoms with Crippen LogP contribution in [0.5, 0.6) is 0 Å². The molecule has 1 saturated heterocycles. The van der Waals surface area contributed by atoms with Gasteiger partial charge in [0.1, 0.15) is 5.40 Å². The smallest absolute Gasteiger partial charge is 0.133 e. The first-order valence-electron chi connectivity index (χ1n) is 6.14. The molecule has 1 aliphatic heterocycles. The predicted molar refractivity (Wildman–Crippen MR) is 77.0 cm³/mol. The van der Waals surface area contributed by atoms with Crippen molar-refractivity contribution in [3.8, 4) is 5.40 Å². The van der Waals surface area contributed by atoms with Crippen molar-refractivity contribution in [2.75, 3.05) is 5.75 Å². The van der Waals surface area contributed by atoms with Crippen molar-refractivity contribution in [3.63, 3.8) is 0 Å². The third-order valence-corrected chi connectivity index (χ3v) is 4.14. The summed E-state index contributed by atoms with van der Waals surface area (Å²) in [6.07, 6.45) is 0.869. The lowest BCUT2D eigenvalue weighted by Gasteiger charge is -2.39. The summed E-state index contributed by atoms with van der Waals surface area (Å²) < 4.78 is 5.98. The molecule has 1 aliphatic rings. The summed E-state index contributed by atoms with van der Waals surface area (Å²) in [7, 11) is 0. The molecule has 0 unspecified atom stereocenters. The number of rotatable bonds is 3. The van der Waals surface area contributed by atoms with Crippen LogP contribution < -0.4 is 0 Å². The molecule has 1 aromatic rings. The van der Waals surface area contributed by atoms with Crippen molar-refractivity contribution in [2.24, 2.45) is 0 Å². The van der Waals surface area contributed by atoms with E-state index < -0.39 is 5.60 Å². The van der Waals surface area contributed by atoms with E-state index in [9.17, 15) is 5.11 Å². The summed E-state index contributed by atoms with van der Waals surface area (Å²) >= 11 is 7.04. The molecular formula is C14H16ClNO2S. The standard InChI is InChI=1S/C14H16ClNO2S/c1-14(17)6-12(8-19-9-16)18-13(7-14)10-2-4-11(15)5-3-10/h2-5,12-13,17H,6-8H2,1H3/t12-,13-,14+/m1/s1. The van der Waals surface area contributed by atoms with Gasteiger partial charge >= 0.3 is 0 Å². The Morgan fingerprint density at radius 1 is 1.47 bits per heavy atom. The Morgan fingerprint density at radius 3 is 2.79 bits per heavy atom. The maximum atomic E-state index is 10.3. The molecule has 0 aromatic heterocycles. The van der Waals surface area contributed by atoms with Crippen molar-refractivity contribution in [3.05, 3.63) is 34.9 Å². The van der Waals surface area contributed by atoms with Crippen LogP contribution in [-0.2, 0) is 4.74 Å². The van der Waals surface area contributed by atoms with Crippen LogP contribution in [-0.4, -0.2) is 22.6 Å². The lowest BCUT2D eigenvalue weighted by atomic mass is 9.86. The van der Waals surface area contributed by atoms with Crippen LogP contribution in [0.25, 0.3) is 0 Å². The second-order valence-electron chi connectivity index (χ2n) is 5.11. The largest absolute Gasteiger partial charge is 0.390 e. The van der Waals surface area contributed by atoms with Crippen LogP contribution in [0.15, 0.2) is 24.3 Å². The maximum Gasteiger partial charge on any atom is 0.133 e. The molecule has 19 heavy (non-hydrogen) atoms. The lowest BCUT2D eigenvalue weighted by molar-refractivity contribution is -0.130. The molecule has 0 radical (unpaired) electrons. The van der Waals surface area contributed by atoms with Crippen molar-refractivity contribution >= 4 is 23.4 Å². The fourth-order valence-electron chi connectivity index (χ4n) is 2.40. The lowest BCUT2D eigenvalue weighted by Crippen LogP contribution is -2.40. The third kappa shape index (κ3) is 4.12. The molecule has 3 atom stereocenters. The Balaban J connectivity index is 2.11. The highest BCUT2D eigenvalue weighted by atomic mass is 35.5. The second-order valence-corrected chi connectivity index (χ2v) is 6.35. The zero-order chi connectivity index (χ0) is 13.9. The number of nitrogens with zero attached hydrogens (tertiary/aromatic N) is 1. The van der Waals surface area contributed by atoms with Gasteiger partial charge in [-0.15, -0.1) is 0 Å². The highest BCUT2D eigenvalue weighted by molar-refractivity contribution is 8.03. The summed E-state index contributed by atoms with van der Waals surface area (Å²) in [6.45, 7) is 1.82. The van der Waals surface area contributed by atoms with E-state index in [0.29, 0.717) is 23.6 Å². The van der Waals surface area contributed by atoms with E-state index in [-0.39, 0.29) is 12.2 Å². The van der Waals surface area contributed by atoms with Gasteiger partial charge < -0.3 is 9.84 Å². The van der Waals surface area contributed by atoms with Crippen LogP contribution in [0, 0.1) is 10.7 Å². The van der Waals surface area contributed by atoms with Crippen molar-refractivity contribution < 1.29 is 9.84 Å². The molecule has 102 valence electrons. The summed E-state index contributed by atoms with van der Waals surface area (Å²) in [5.41, 5.74) is 0.250. The minimum atomic E-state index is -0.761. The van der Waals surface area contributed by atoms with E-state index in [1.165, 1.54) is 0 Å². The van der Waals surface area contributed by atoms with E-state index in [4.69, 9.17) is 21.6 Å². The number of aliphatic hydroxyl groups is 1. The Kier molecular flexibility index (Phi) is 4.75. The van der Waals surface area contributed by atoms with Gasteiger partial charge in [0.15, 0.2) is 0 Å². The van der Waals surface area contributed by atoms with Crippen molar-refractivity contribution in [1.29, 1.82) is 5.26 Å². The van der Waals surface area contributed by atoms with Crippen LogP contribution in [0.3, 0.4) is 0 Å². The minimum Gasteiger partial charge on any atom is -0.390 e. The zero-order valence-corrected chi connectivity index (χ0v) is 12.2. The van der Waals surface area contributed by atoms with Crippen LogP contribution in [0.1, 0.15) is 31.4 Å². The Labute approximate surface area is 122 Å². The van der Waals surface area contributed by atoms with Crippen molar-refractivity contribution in [2.45, 2.75) is 37.6 Å². The van der Waals surface area contributed by atoms with Gasteiger partial charge in [-0.1, -0.05) is 23.7 Å². The van der Waals surface area contributed by atoms with Gasteiger partial charge in [-0.05, 0) is 36.4 Å². The van der Waals surface area contributed by atoms with Crippen LogP contribution in [0.4, 0.5) is 0 Å². The summed E-state index contributed by atoms with van der Waals surface area (Å²) in [4.78, 5) is 0. The van der Waals surface area contributed by atoms with E-state index >= 15 is 0 Å². The molecule has 0 saturated carbocycles. The second kappa shape index (κ2) is 6.15. The molecule has 2 rings (SSSR count). The highest BCUT2D eigenvalue weighted by Crippen LogP contribution is 2.38. The molecule has 1 N–H and O–H groups in total. The summed E-state index contributed by atoms with van der Waals surface area (Å²) in [5, 5.41) is 21.7. The van der Waals surface area contributed by atoms with Gasteiger partial charge in [0.2, 0.25) is 0 Å². The maximum absolute atomic E-state index is 10.3. The molecule has 0 aliphatic carbocycles. The number of thioether (sulfide) groups is 1. The normalized spacial score (nSPS) is 30.8. The van der Waals surface area contributed by atoms with E-state index in [2.05, 4.69) is 0 Å². The van der Waals surface area contributed by atoms with Gasteiger partial charge in [-0.3, -0.25) is 0 Å². The minimum absolute atomic E-state index is 0.103. The van der Waals surface area contributed by atoms with Gasteiger partial charge in [0.25, 0.3) is 0 Å². The molecule has 1 aromatic carbocycles. The summed E-state index contributed by atoms with van der Waals surface area (Å²) in [6, 6.07) is 7.48. The molecule has 1 fully saturated rings. The average Bonchev–Trinajstić information content (AvgIpc) is 2.35. The number of thiocyanates is 1.